The van der Waals surface area contributed by atoms with Crippen molar-refractivity contribution >= 4 is 21.6 Å². The molecule has 2 N–H and O–H groups in total. The van der Waals surface area contributed by atoms with E-state index in [1.165, 1.54) is 0 Å². The molecule has 0 spiro atoms. The van der Waals surface area contributed by atoms with E-state index in [0.717, 1.165) is 72.3 Å². The van der Waals surface area contributed by atoms with Crippen LogP contribution in [-0.4, -0.2) is 54.3 Å². The Morgan fingerprint density at radius 2 is 2.13 bits per heavy atom. The minimum atomic E-state index is -0.0260. The Bertz CT molecular complexity index is 719. The van der Waals surface area contributed by atoms with Crippen LogP contribution < -0.4 is 10.9 Å². The van der Waals surface area contributed by atoms with Crippen LogP contribution in [0, 0.1) is 13.8 Å². The summed E-state index contributed by atoms with van der Waals surface area (Å²) in [5, 5.41) is 4.11. The molecule has 0 aliphatic carbocycles. The predicted octanol–water partition coefficient (Wildman–Crippen LogP) is 1.41. The van der Waals surface area contributed by atoms with Gasteiger partial charge in [0.2, 0.25) is 0 Å². The normalized spacial score (nSPS) is 16.3. The molecular formula is C16H24N4O2S. The van der Waals surface area contributed by atoms with E-state index in [1.54, 1.807) is 11.3 Å². The van der Waals surface area contributed by atoms with E-state index in [4.69, 9.17) is 4.74 Å². The van der Waals surface area contributed by atoms with Crippen LogP contribution in [0.1, 0.15) is 22.7 Å². The lowest BCUT2D eigenvalue weighted by molar-refractivity contribution is 0.0374. The smallest absolute Gasteiger partial charge is 0.259 e. The first-order valence-electron chi connectivity index (χ1n) is 8.15. The van der Waals surface area contributed by atoms with Gasteiger partial charge in [0.1, 0.15) is 10.7 Å². The molecule has 3 heterocycles. The molecule has 1 saturated heterocycles. The molecule has 0 atom stereocenters. The van der Waals surface area contributed by atoms with Crippen LogP contribution in [0.5, 0.6) is 0 Å². The van der Waals surface area contributed by atoms with Crippen molar-refractivity contribution in [2.75, 3.05) is 39.4 Å². The molecular weight excluding hydrogens is 312 g/mol. The quantitative estimate of drug-likeness (QED) is 0.781. The standard InChI is InChI=1S/C16H24N4O2S/c1-11-12(2)23-16-14(11)15(21)18-13(19-16)10-17-4-3-5-20-6-8-22-9-7-20/h17H,3-10H2,1-2H3,(H,18,19,21). The van der Waals surface area contributed by atoms with Crippen molar-refractivity contribution in [3.05, 3.63) is 26.6 Å². The maximum atomic E-state index is 12.2. The highest BCUT2D eigenvalue weighted by molar-refractivity contribution is 7.18. The lowest BCUT2D eigenvalue weighted by atomic mass is 10.2. The molecule has 0 unspecified atom stereocenters. The maximum Gasteiger partial charge on any atom is 0.259 e. The number of fused-ring (bicyclic) bond motifs is 1. The molecule has 0 aromatic carbocycles. The Morgan fingerprint density at radius 3 is 2.91 bits per heavy atom. The second-order valence-electron chi connectivity index (χ2n) is 5.96. The van der Waals surface area contributed by atoms with E-state index in [0.29, 0.717) is 6.54 Å². The Hall–Kier alpha value is -1.28. The summed E-state index contributed by atoms with van der Waals surface area (Å²) in [6.07, 6.45) is 1.09. The molecule has 3 rings (SSSR count). The summed E-state index contributed by atoms with van der Waals surface area (Å²) in [7, 11) is 0. The highest BCUT2D eigenvalue weighted by Gasteiger charge is 2.12. The molecule has 2 aromatic rings. The largest absolute Gasteiger partial charge is 0.379 e. The Kier molecular flexibility index (Phi) is 5.42. The van der Waals surface area contributed by atoms with E-state index >= 15 is 0 Å². The fraction of sp³-hybridized carbons (Fsp3) is 0.625. The highest BCUT2D eigenvalue weighted by Crippen LogP contribution is 2.25. The molecule has 0 saturated carbocycles. The number of aryl methyl sites for hydroxylation is 2. The number of H-pyrrole nitrogens is 1. The van der Waals surface area contributed by atoms with Gasteiger partial charge in [-0.05, 0) is 38.9 Å². The monoisotopic (exact) mass is 336 g/mol. The molecule has 0 amide bonds. The van der Waals surface area contributed by atoms with Gasteiger partial charge in [-0.1, -0.05) is 0 Å². The zero-order chi connectivity index (χ0) is 16.2. The van der Waals surface area contributed by atoms with Crippen LogP contribution >= 0.6 is 11.3 Å². The van der Waals surface area contributed by atoms with Gasteiger partial charge >= 0.3 is 0 Å². The lowest BCUT2D eigenvalue weighted by Crippen LogP contribution is -2.37. The number of aromatic nitrogens is 2. The summed E-state index contributed by atoms with van der Waals surface area (Å²) in [5.41, 5.74) is 1.02. The van der Waals surface area contributed by atoms with E-state index < -0.39 is 0 Å². The lowest BCUT2D eigenvalue weighted by Gasteiger charge is -2.26. The summed E-state index contributed by atoms with van der Waals surface area (Å²) < 4.78 is 5.34. The first-order valence-corrected chi connectivity index (χ1v) is 8.96. The van der Waals surface area contributed by atoms with E-state index in [-0.39, 0.29) is 5.56 Å². The minimum absolute atomic E-state index is 0.0260. The van der Waals surface area contributed by atoms with Gasteiger partial charge < -0.3 is 15.0 Å². The van der Waals surface area contributed by atoms with Gasteiger partial charge in [0.15, 0.2) is 0 Å². The van der Waals surface area contributed by atoms with Crippen molar-refractivity contribution in [1.82, 2.24) is 20.2 Å². The fourth-order valence-electron chi connectivity index (χ4n) is 2.84. The van der Waals surface area contributed by atoms with Gasteiger partial charge in [0.05, 0.1) is 25.1 Å². The summed E-state index contributed by atoms with van der Waals surface area (Å²) in [6.45, 7) is 10.4. The van der Waals surface area contributed by atoms with E-state index in [9.17, 15) is 4.79 Å². The van der Waals surface area contributed by atoms with Gasteiger partial charge in [-0.3, -0.25) is 9.69 Å². The Balaban J connectivity index is 1.50. The Labute approximate surface area is 139 Å². The number of ether oxygens (including phenoxy) is 1. The molecule has 2 aromatic heterocycles. The molecule has 126 valence electrons. The zero-order valence-corrected chi connectivity index (χ0v) is 14.6. The Morgan fingerprint density at radius 1 is 1.35 bits per heavy atom. The molecule has 23 heavy (non-hydrogen) atoms. The van der Waals surface area contributed by atoms with Gasteiger partial charge in [0.25, 0.3) is 5.56 Å². The molecule has 1 aliphatic rings. The third kappa shape index (κ3) is 3.98. The van der Waals surface area contributed by atoms with Crippen molar-refractivity contribution < 1.29 is 4.74 Å². The van der Waals surface area contributed by atoms with Gasteiger partial charge in [0, 0.05) is 18.0 Å². The van der Waals surface area contributed by atoms with Crippen molar-refractivity contribution in [1.29, 1.82) is 0 Å². The SMILES string of the molecule is Cc1sc2nc(CNCCCN3CCOCC3)[nH]c(=O)c2c1C. The van der Waals surface area contributed by atoms with Gasteiger partial charge in [-0.15, -0.1) is 11.3 Å². The number of hydrogen-bond acceptors (Lipinski definition) is 6. The maximum absolute atomic E-state index is 12.2. The van der Waals surface area contributed by atoms with Crippen molar-refractivity contribution in [2.24, 2.45) is 0 Å². The third-order valence-corrected chi connectivity index (χ3v) is 5.41. The summed E-state index contributed by atoms with van der Waals surface area (Å²) >= 11 is 1.59. The highest BCUT2D eigenvalue weighted by atomic mass is 32.1. The number of hydrogen-bond donors (Lipinski definition) is 2. The van der Waals surface area contributed by atoms with Crippen LogP contribution in [0.4, 0.5) is 0 Å². The van der Waals surface area contributed by atoms with Gasteiger partial charge in [-0.2, -0.15) is 0 Å². The molecule has 7 heteroatoms. The second kappa shape index (κ2) is 7.53. The molecule has 0 bridgehead atoms. The average Bonchev–Trinajstić information content (AvgIpc) is 2.83. The topological polar surface area (TPSA) is 70.2 Å². The molecule has 1 aliphatic heterocycles. The van der Waals surface area contributed by atoms with Gasteiger partial charge in [-0.25, -0.2) is 4.98 Å². The number of rotatable bonds is 6. The zero-order valence-electron chi connectivity index (χ0n) is 13.8. The van der Waals surface area contributed by atoms with E-state index in [2.05, 4.69) is 20.2 Å². The second-order valence-corrected chi connectivity index (χ2v) is 7.16. The average molecular weight is 336 g/mol. The number of morpholine rings is 1. The third-order valence-electron chi connectivity index (χ3n) is 4.31. The van der Waals surface area contributed by atoms with Crippen LogP contribution in [-0.2, 0) is 11.3 Å². The van der Waals surface area contributed by atoms with Crippen molar-refractivity contribution in [3.63, 3.8) is 0 Å². The van der Waals surface area contributed by atoms with Crippen molar-refractivity contribution in [3.8, 4) is 0 Å². The molecule has 0 radical (unpaired) electrons. The molecule has 6 nitrogen and oxygen atoms in total. The fourth-order valence-corrected chi connectivity index (χ4v) is 3.89. The van der Waals surface area contributed by atoms with Crippen LogP contribution in [0.3, 0.4) is 0 Å². The predicted molar refractivity (Wildman–Crippen MR) is 93.3 cm³/mol. The van der Waals surface area contributed by atoms with Crippen LogP contribution in [0.2, 0.25) is 0 Å². The number of thiophene rings is 1. The van der Waals surface area contributed by atoms with Crippen LogP contribution in [0.25, 0.3) is 10.2 Å². The summed E-state index contributed by atoms with van der Waals surface area (Å²) in [6, 6.07) is 0. The minimum Gasteiger partial charge on any atom is -0.379 e. The van der Waals surface area contributed by atoms with E-state index in [1.807, 2.05) is 13.8 Å². The first-order chi connectivity index (χ1) is 11.1. The summed E-state index contributed by atoms with van der Waals surface area (Å²) in [4.78, 5) is 24.1. The summed E-state index contributed by atoms with van der Waals surface area (Å²) in [5.74, 6) is 0.718. The number of nitrogens with one attached hydrogen (secondary N) is 2. The molecule has 1 fully saturated rings. The van der Waals surface area contributed by atoms with Crippen LogP contribution in [0.15, 0.2) is 4.79 Å². The van der Waals surface area contributed by atoms with Crippen molar-refractivity contribution in [2.45, 2.75) is 26.8 Å². The number of aromatic amines is 1. The number of nitrogens with zero attached hydrogens (tertiary/aromatic N) is 2. The first kappa shape index (κ1) is 16.6.